The predicted octanol–water partition coefficient (Wildman–Crippen LogP) is -0.417. The molecule has 0 N–H and O–H groups in total. The van der Waals surface area contributed by atoms with Crippen molar-refractivity contribution in [2.24, 2.45) is 11.3 Å². The standard InChI is InChI=1S/C11H18O7/c1-14-7-6(8(15-2)16-3)11(7,9(12)17-4)10(13)18-5/h6-8H,1-5H3/t6-,7+/m0/s1. The zero-order valence-corrected chi connectivity index (χ0v) is 11.1. The average molecular weight is 262 g/mol. The molecule has 18 heavy (non-hydrogen) atoms. The molecule has 0 spiro atoms. The summed E-state index contributed by atoms with van der Waals surface area (Å²) >= 11 is 0. The number of ether oxygens (including phenoxy) is 5. The molecule has 0 amide bonds. The molecule has 0 bridgehead atoms. The second-order valence-corrected chi connectivity index (χ2v) is 3.87. The first kappa shape index (κ1) is 14.9. The van der Waals surface area contributed by atoms with Crippen molar-refractivity contribution in [3.63, 3.8) is 0 Å². The maximum absolute atomic E-state index is 11.9. The van der Waals surface area contributed by atoms with Gasteiger partial charge in [0.1, 0.15) is 0 Å². The Morgan fingerprint density at radius 3 is 1.67 bits per heavy atom. The van der Waals surface area contributed by atoms with Crippen LogP contribution in [0.2, 0.25) is 0 Å². The Hall–Kier alpha value is -1.18. The number of hydrogen-bond donors (Lipinski definition) is 0. The number of esters is 2. The van der Waals surface area contributed by atoms with Crippen LogP contribution in [-0.4, -0.2) is 59.9 Å². The Labute approximate surface area is 105 Å². The lowest BCUT2D eigenvalue weighted by molar-refractivity contribution is -0.169. The van der Waals surface area contributed by atoms with E-state index < -0.39 is 35.7 Å². The number of methoxy groups -OCH3 is 5. The van der Waals surface area contributed by atoms with Crippen molar-refractivity contribution in [3.05, 3.63) is 0 Å². The number of rotatable bonds is 6. The molecular formula is C11H18O7. The first-order valence-electron chi connectivity index (χ1n) is 5.31. The monoisotopic (exact) mass is 262 g/mol. The minimum absolute atomic E-state index is 0.600. The third-order valence-electron chi connectivity index (χ3n) is 3.25. The Kier molecular flexibility index (Phi) is 4.66. The Balaban J connectivity index is 3.11. The molecule has 2 atom stereocenters. The number of carbonyl (C=O) groups excluding carboxylic acids is 2. The van der Waals surface area contributed by atoms with E-state index in [9.17, 15) is 9.59 Å². The highest BCUT2D eigenvalue weighted by atomic mass is 16.7. The minimum Gasteiger partial charge on any atom is -0.468 e. The van der Waals surface area contributed by atoms with E-state index in [0.717, 1.165) is 0 Å². The summed E-state index contributed by atoms with van der Waals surface area (Å²) in [6.07, 6.45) is -1.45. The summed E-state index contributed by atoms with van der Waals surface area (Å²) in [6.45, 7) is 0. The van der Waals surface area contributed by atoms with Crippen molar-refractivity contribution < 1.29 is 33.3 Å². The van der Waals surface area contributed by atoms with E-state index in [4.69, 9.17) is 14.2 Å². The molecule has 0 unspecified atom stereocenters. The van der Waals surface area contributed by atoms with Crippen LogP contribution in [0.4, 0.5) is 0 Å². The normalized spacial score (nSPS) is 24.8. The summed E-state index contributed by atoms with van der Waals surface area (Å²) in [6, 6.07) is 0. The van der Waals surface area contributed by atoms with Crippen molar-refractivity contribution in [1.29, 1.82) is 0 Å². The van der Waals surface area contributed by atoms with Crippen LogP contribution in [0.5, 0.6) is 0 Å². The highest BCUT2D eigenvalue weighted by molar-refractivity contribution is 6.05. The lowest BCUT2D eigenvalue weighted by Gasteiger charge is -2.16. The van der Waals surface area contributed by atoms with Crippen LogP contribution in [0.1, 0.15) is 0 Å². The summed E-state index contributed by atoms with van der Waals surface area (Å²) in [4.78, 5) is 23.8. The van der Waals surface area contributed by atoms with Gasteiger partial charge < -0.3 is 23.7 Å². The van der Waals surface area contributed by atoms with Crippen LogP contribution in [0.25, 0.3) is 0 Å². The van der Waals surface area contributed by atoms with Crippen molar-refractivity contribution in [2.75, 3.05) is 35.5 Å². The fourth-order valence-electron chi connectivity index (χ4n) is 2.39. The van der Waals surface area contributed by atoms with Gasteiger partial charge in [0, 0.05) is 21.3 Å². The summed E-state index contributed by atoms with van der Waals surface area (Å²) < 4.78 is 24.7. The van der Waals surface area contributed by atoms with Gasteiger partial charge in [0.25, 0.3) is 0 Å². The first-order valence-corrected chi connectivity index (χ1v) is 5.31. The molecule has 0 radical (unpaired) electrons. The van der Waals surface area contributed by atoms with E-state index >= 15 is 0 Å². The second kappa shape index (κ2) is 5.64. The van der Waals surface area contributed by atoms with Gasteiger partial charge in [-0.1, -0.05) is 0 Å². The molecule has 1 saturated carbocycles. The minimum atomic E-state index is -1.52. The molecule has 0 aromatic rings. The molecule has 7 heteroatoms. The summed E-state index contributed by atoms with van der Waals surface area (Å²) in [7, 11) is 6.62. The molecule has 0 heterocycles. The lowest BCUT2D eigenvalue weighted by Crippen LogP contribution is -2.35. The molecule has 0 aromatic carbocycles. The molecule has 7 nitrogen and oxygen atoms in total. The van der Waals surface area contributed by atoms with Crippen molar-refractivity contribution in [2.45, 2.75) is 12.4 Å². The van der Waals surface area contributed by atoms with Gasteiger partial charge in [-0.25, -0.2) is 0 Å². The van der Waals surface area contributed by atoms with Gasteiger partial charge in [-0.15, -0.1) is 0 Å². The van der Waals surface area contributed by atoms with Crippen LogP contribution < -0.4 is 0 Å². The van der Waals surface area contributed by atoms with E-state index in [1.165, 1.54) is 35.5 Å². The van der Waals surface area contributed by atoms with Gasteiger partial charge >= 0.3 is 11.9 Å². The molecule has 0 aromatic heterocycles. The van der Waals surface area contributed by atoms with Crippen LogP contribution >= 0.6 is 0 Å². The SMILES string of the molecule is COC(=O)C1(C(=O)OC)[C@H](OC)[C@H]1C(OC)OC. The fourth-order valence-corrected chi connectivity index (χ4v) is 2.39. The highest BCUT2D eigenvalue weighted by Crippen LogP contribution is 2.58. The fraction of sp³-hybridized carbons (Fsp3) is 0.818. The molecule has 1 fully saturated rings. The van der Waals surface area contributed by atoms with Crippen LogP contribution in [0, 0.1) is 11.3 Å². The van der Waals surface area contributed by atoms with Gasteiger partial charge in [-0.05, 0) is 0 Å². The third kappa shape index (κ3) is 1.88. The van der Waals surface area contributed by atoms with Crippen LogP contribution in [-0.2, 0) is 33.3 Å². The Morgan fingerprint density at radius 1 is 0.944 bits per heavy atom. The van der Waals surface area contributed by atoms with Gasteiger partial charge in [0.05, 0.1) is 26.2 Å². The molecule has 1 rings (SSSR count). The molecule has 1 aliphatic rings. The number of hydrogen-bond acceptors (Lipinski definition) is 7. The predicted molar refractivity (Wildman–Crippen MR) is 58.6 cm³/mol. The van der Waals surface area contributed by atoms with E-state index in [-0.39, 0.29) is 0 Å². The molecule has 1 aliphatic carbocycles. The van der Waals surface area contributed by atoms with Crippen molar-refractivity contribution in [1.82, 2.24) is 0 Å². The van der Waals surface area contributed by atoms with Gasteiger partial charge in [0.15, 0.2) is 6.29 Å². The van der Waals surface area contributed by atoms with Gasteiger partial charge in [-0.3, -0.25) is 9.59 Å². The smallest absolute Gasteiger partial charge is 0.326 e. The summed E-state index contributed by atoms with van der Waals surface area (Å²) in [5.41, 5.74) is -1.52. The Bertz CT molecular complexity index is 307. The van der Waals surface area contributed by atoms with Gasteiger partial charge in [0.2, 0.25) is 5.41 Å². The van der Waals surface area contributed by atoms with Crippen LogP contribution in [0.15, 0.2) is 0 Å². The molecule has 0 aliphatic heterocycles. The van der Waals surface area contributed by atoms with E-state index in [0.29, 0.717) is 0 Å². The largest absolute Gasteiger partial charge is 0.468 e. The van der Waals surface area contributed by atoms with E-state index in [2.05, 4.69) is 9.47 Å². The quantitative estimate of drug-likeness (QED) is 0.365. The molecule has 0 saturated heterocycles. The topological polar surface area (TPSA) is 80.3 Å². The lowest BCUT2D eigenvalue weighted by atomic mass is 10.0. The highest BCUT2D eigenvalue weighted by Gasteiger charge is 2.80. The average Bonchev–Trinajstić information content (AvgIpc) is 3.08. The van der Waals surface area contributed by atoms with E-state index in [1.807, 2.05) is 0 Å². The van der Waals surface area contributed by atoms with Crippen LogP contribution in [0.3, 0.4) is 0 Å². The van der Waals surface area contributed by atoms with Crippen molar-refractivity contribution in [3.8, 4) is 0 Å². The summed E-state index contributed by atoms with van der Waals surface area (Å²) in [5.74, 6) is -2.03. The summed E-state index contributed by atoms with van der Waals surface area (Å²) in [5, 5.41) is 0. The second-order valence-electron chi connectivity index (χ2n) is 3.87. The third-order valence-corrected chi connectivity index (χ3v) is 3.25. The maximum Gasteiger partial charge on any atom is 0.326 e. The van der Waals surface area contributed by atoms with Gasteiger partial charge in [-0.2, -0.15) is 0 Å². The number of carbonyl (C=O) groups is 2. The Morgan fingerprint density at radius 2 is 1.39 bits per heavy atom. The first-order chi connectivity index (χ1) is 8.55. The maximum atomic E-state index is 11.9. The van der Waals surface area contributed by atoms with Crippen molar-refractivity contribution >= 4 is 11.9 Å². The molecular weight excluding hydrogens is 244 g/mol. The van der Waals surface area contributed by atoms with E-state index in [1.54, 1.807) is 0 Å². The zero-order chi connectivity index (χ0) is 13.9. The molecule has 104 valence electrons. The zero-order valence-electron chi connectivity index (χ0n) is 11.1.